The molecule has 3 nitrogen and oxygen atoms in total. The Hall–Kier alpha value is 0.0700. The maximum absolute atomic E-state index is 9.69. The van der Waals surface area contributed by atoms with Crippen molar-refractivity contribution < 1.29 is 9.53 Å². The van der Waals surface area contributed by atoms with Gasteiger partial charge in [0.25, 0.3) is 0 Å². The van der Waals surface area contributed by atoms with E-state index < -0.39 is 5.30 Å². The van der Waals surface area contributed by atoms with Gasteiger partial charge in [-0.15, -0.1) is 24.8 Å². The fourth-order valence-corrected chi connectivity index (χ4v) is 1.10. The van der Waals surface area contributed by atoms with E-state index in [1.807, 2.05) is 0 Å². The summed E-state index contributed by atoms with van der Waals surface area (Å²) in [5, 5.41) is 6.24. The Morgan fingerprint density at radius 1 is 1.18 bits per heavy atom. The molecule has 0 saturated carbocycles. The van der Waals surface area contributed by atoms with Gasteiger partial charge in [0, 0.05) is 0 Å². The first-order valence-corrected chi connectivity index (χ1v) is 5.98. The molecule has 0 aliphatic carbocycles. The van der Waals surface area contributed by atoms with E-state index in [1.165, 1.54) is 38.3 Å². The number of unbranched alkanes of at least 4 members (excludes halogenated alkanes) is 5. The number of halogens is 2. The summed E-state index contributed by atoms with van der Waals surface area (Å²) in [5.74, 6) is 0. The predicted molar refractivity (Wildman–Crippen MR) is 82.7 cm³/mol. The number of carbonyl (C=O) groups is 1. The van der Waals surface area contributed by atoms with Crippen LogP contribution in [-0.4, -0.2) is 18.1 Å². The molecule has 0 radical (unpaired) electrons. The lowest BCUT2D eigenvalue weighted by molar-refractivity contribution is 0.182. The van der Waals surface area contributed by atoms with Gasteiger partial charge in [-0.3, -0.25) is 0 Å². The Balaban J connectivity index is -0.0000000945. The molecule has 6 heteroatoms. The lowest BCUT2D eigenvalue weighted by atomic mass is 10.1. The van der Waals surface area contributed by atoms with Crippen LogP contribution in [0.2, 0.25) is 0 Å². The van der Waals surface area contributed by atoms with Gasteiger partial charge in [0.1, 0.15) is 0 Å². The molecule has 0 aromatic rings. The molecule has 0 amide bonds. The maximum atomic E-state index is 9.69. The highest BCUT2D eigenvalue weighted by Gasteiger charge is 1.85. The zero-order valence-electron chi connectivity index (χ0n) is 10.6. The molecule has 0 spiro atoms. The Labute approximate surface area is 123 Å². The van der Waals surface area contributed by atoms with E-state index in [0.717, 1.165) is 6.42 Å². The van der Waals surface area contributed by atoms with Crippen molar-refractivity contribution in [1.29, 1.82) is 5.41 Å². The summed E-state index contributed by atoms with van der Waals surface area (Å²) in [7, 11) is 0. The summed E-state index contributed by atoms with van der Waals surface area (Å²) >= 11 is 3.32. The minimum absolute atomic E-state index is 0. The monoisotopic (exact) mass is 305 g/mol. The molecular formula is C11H25Cl2NO2S. The number of hydrogen-bond donors (Lipinski definition) is 2. The van der Waals surface area contributed by atoms with Gasteiger partial charge in [0.05, 0.1) is 6.61 Å². The van der Waals surface area contributed by atoms with Gasteiger partial charge >= 0.3 is 5.30 Å². The second kappa shape index (κ2) is 25.1. The van der Waals surface area contributed by atoms with E-state index in [2.05, 4.69) is 24.3 Å². The lowest BCUT2D eigenvalue weighted by Gasteiger charge is -1.94. The second-order valence-electron chi connectivity index (χ2n) is 3.11. The van der Waals surface area contributed by atoms with Crippen molar-refractivity contribution in [1.82, 2.24) is 0 Å². The largest absolute Gasteiger partial charge is 0.458 e. The lowest BCUT2D eigenvalue weighted by Crippen LogP contribution is -1.89. The van der Waals surface area contributed by atoms with Crippen molar-refractivity contribution in [2.45, 2.75) is 52.4 Å². The SMILES string of the molecule is CCCCCCCC=N.CCOC(=O)S.Cl.Cl. The third-order valence-corrected chi connectivity index (χ3v) is 1.85. The smallest absolute Gasteiger partial charge is 0.364 e. The molecule has 0 saturated heterocycles. The standard InChI is InChI=1S/C8H17N.C3H6O2S.2ClH/c1-2-3-4-5-6-7-8-9;1-2-5-3(4)6;;/h8-9H,2-7H2,1H3;2H2,1H3,(H,4,6);2*1H. The molecule has 106 valence electrons. The van der Waals surface area contributed by atoms with Crippen molar-refractivity contribution >= 4 is 49.0 Å². The molecule has 0 aliphatic heterocycles. The van der Waals surface area contributed by atoms with Gasteiger partial charge in [0.2, 0.25) is 0 Å². The van der Waals surface area contributed by atoms with Crippen LogP contribution in [-0.2, 0) is 4.74 Å². The van der Waals surface area contributed by atoms with Crippen molar-refractivity contribution in [3.8, 4) is 0 Å². The Kier molecular flexibility index (Phi) is 38.0. The number of ether oxygens (including phenoxy) is 1. The first-order valence-electron chi connectivity index (χ1n) is 5.53. The van der Waals surface area contributed by atoms with Gasteiger partial charge in [0.15, 0.2) is 0 Å². The van der Waals surface area contributed by atoms with Crippen LogP contribution in [0.1, 0.15) is 52.4 Å². The zero-order valence-corrected chi connectivity index (χ0v) is 13.1. The average molecular weight is 306 g/mol. The van der Waals surface area contributed by atoms with Crippen LogP contribution in [0.3, 0.4) is 0 Å². The fourth-order valence-electron chi connectivity index (χ4n) is 0.973. The number of carbonyl (C=O) groups excluding carboxylic acids is 1. The Bertz CT molecular complexity index is 160. The van der Waals surface area contributed by atoms with Crippen molar-refractivity contribution in [2.75, 3.05) is 6.61 Å². The van der Waals surface area contributed by atoms with Crippen LogP contribution in [0, 0.1) is 5.41 Å². The van der Waals surface area contributed by atoms with E-state index in [-0.39, 0.29) is 24.8 Å². The quantitative estimate of drug-likeness (QED) is 0.304. The van der Waals surface area contributed by atoms with Crippen LogP contribution in [0.4, 0.5) is 4.79 Å². The summed E-state index contributed by atoms with van der Waals surface area (Å²) in [6.07, 6.45) is 9.02. The van der Waals surface area contributed by atoms with Crippen LogP contribution >= 0.6 is 37.4 Å². The molecule has 0 fully saturated rings. The topological polar surface area (TPSA) is 50.1 Å². The van der Waals surface area contributed by atoms with Crippen molar-refractivity contribution in [3.63, 3.8) is 0 Å². The maximum Gasteiger partial charge on any atom is 0.364 e. The first kappa shape index (κ1) is 25.8. The van der Waals surface area contributed by atoms with Crippen molar-refractivity contribution in [2.24, 2.45) is 0 Å². The van der Waals surface area contributed by atoms with Crippen LogP contribution in [0.25, 0.3) is 0 Å². The normalized spacial score (nSPS) is 7.71. The Morgan fingerprint density at radius 3 is 2.00 bits per heavy atom. The van der Waals surface area contributed by atoms with Gasteiger partial charge in [-0.05, 0) is 26.0 Å². The molecule has 0 rings (SSSR count). The molecule has 0 aromatic carbocycles. The van der Waals surface area contributed by atoms with Crippen LogP contribution < -0.4 is 0 Å². The highest BCUT2D eigenvalue weighted by Crippen LogP contribution is 2.02. The molecule has 0 aliphatic rings. The molecule has 0 aromatic heterocycles. The number of hydrogen-bond acceptors (Lipinski definition) is 3. The minimum Gasteiger partial charge on any atom is -0.458 e. The number of nitrogens with one attached hydrogen (secondary N) is 1. The summed E-state index contributed by atoms with van der Waals surface area (Å²) < 4.78 is 4.27. The van der Waals surface area contributed by atoms with Crippen LogP contribution in [0.15, 0.2) is 0 Å². The highest BCUT2D eigenvalue weighted by atomic mass is 35.5. The molecular weight excluding hydrogens is 281 g/mol. The molecule has 0 unspecified atom stereocenters. The third kappa shape index (κ3) is 38.7. The third-order valence-electron chi connectivity index (χ3n) is 1.72. The number of thiol groups is 1. The Morgan fingerprint density at radius 2 is 1.71 bits per heavy atom. The summed E-state index contributed by atoms with van der Waals surface area (Å²) in [6, 6.07) is 0. The van der Waals surface area contributed by atoms with Gasteiger partial charge < -0.3 is 10.1 Å². The average Bonchev–Trinajstić information content (AvgIpc) is 2.18. The molecule has 0 bridgehead atoms. The first-order chi connectivity index (χ1) is 7.18. The van der Waals surface area contributed by atoms with E-state index in [1.54, 1.807) is 6.92 Å². The van der Waals surface area contributed by atoms with Gasteiger partial charge in [-0.1, -0.05) is 45.2 Å². The van der Waals surface area contributed by atoms with E-state index in [4.69, 9.17) is 5.41 Å². The van der Waals surface area contributed by atoms with E-state index >= 15 is 0 Å². The van der Waals surface area contributed by atoms with E-state index in [0.29, 0.717) is 6.61 Å². The summed E-state index contributed by atoms with van der Waals surface area (Å²) in [5.41, 5.74) is 0. The number of rotatable bonds is 7. The van der Waals surface area contributed by atoms with Crippen LogP contribution in [0.5, 0.6) is 0 Å². The highest BCUT2D eigenvalue weighted by molar-refractivity contribution is 7.96. The zero-order chi connectivity index (χ0) is 11.9. The van der Waals surface area contributed by atoms with E-state index in [9.17, 15) is 4.79 Å². The molecule has 0 atom stereocenters. The van der Waals surface area contributed by atoms with Gasteiger partial charge in [-0.25, -0.2) is 4.79 Å². The molecule has 0 heterocycles. The van der Waals surface area contributed by atoms with Crippen molar-refractivity contribution in [3.05, 3.63) is 0 Å². The molecule has 1 N–H and O–H groups in total. The summed E-state index contributed by atoms with van der Waals surface area (Å²) in [4.78, 5) is 9.69. The fraction of sp³-hybridized carbons (Fsp3) is 0.818. The second-order valence-corrected chi connectivity index (χ2v) is 3.47. The van der Waals surface area contributed by atoms with Gasteiger partial charge in [-0.2, -0.15) is 0 Å². The summed E-state index contributed by atoms with van der Waals surface area (Å²) in [6.45, 7) is 4.35. The minimum atomic E-state index is -0.516. The predicted octanol–water partition coefficient (Wildman–Crippen LogP) is 4.91. The molecule has 17 heavy (non-hydrogen) atoms.